The maximum absolute atomic E-state index is 6.06. The largest absolute Gasteiger partial charge is 0.497 e. The number of methoxy groups -OCH3 is 2. The van der Waals surface area contributed by atoms with Crippen LogP contribution in [0.2, 0.25) is 10.0 Å². The lowest BCUT2D eigenvalue weighted by Gasteiger charge is -2.16. The van der Waals surface area contributed by atoms with Gasteiger partial charge in [0.2, 0.25) is 0 Å². The van der Waals surface area contributed by atoms with E-state index in [0.29, 0.717) is 16.6 Å². The average Bonchev–Trinajstić information content (AvgIpc) is 2.54. The zero-order valence-electron chi connectivity index (χ0n) is 12.8. The minimum Gasteiger partial charge on any atom is -0.497 e. The molecule has 1 unspecified atom stereocenters. The molecule has 0 fully saturated rings. The minimum atomic E-state index is 0.145. The Morgan fingerprint density at radius 1 is 0.955 bits per heavy atom. The molecule has 2 aromatic carbocycles. The molecule has 0 aliphatic rings. The Morgan fingerprint density at radius 2 is 1.59 bits per heavy atom. The number of halogens is 2. The van der Waals surface area contributed by atoms with Crippen LogP contribution >= 0.6 is 23.2 Å². The van der Waals surface area contributed by atoms with Gasteiger partial charge in [-0.25, -0.2) is 0 Å². The molecule has 0 radical (unpaired) electrons. The Balaban J connectivity index is 2.07. The van der Waals surface area contributed by atoms with Gasteiger partial charge < -0.3 is 14.8 Å². The molecule has 0 heterocycles. The monoisotopic (exact) mass is 339 g/mol. The first-order chi connectivity index (χ1) is 10.5. The summed E-state index contributed by atoms with van der Waals surface area (Å²) in [7, 11) is 3.29. The van der Waals surface area contributed by atoms with Gasteiger partial charge in [-0.15, -0.1) is 0 Å². The number of ether oxygens (including phenoxy) is 2. The Labute approximate surface area is 141 Å². The molecular weight excluding hydrogens is 321 g/mol. The van der Waals surface area contributed by atoms with Crippen molar-refractivity contribution in [3.05, 3.63) is 57.6 Å². The molecule has 2 aromatic rings. The van der Waals surface area contributed by atoms with Gasteiger partial charge in [-0.2, -0.15) is 0 Å². The zero-order chi connectivity index (χ0) is 16.1. The predicted octanol–water partition coefficient (Wildman–Crippen LogP) is 4.86. The van der Waals surface area contributed by atoms with Crippen molar-refractivity contribution in [2.45, 2.75) is 19.5 Å². The van der Waals surface area contributed by atoms with E-state index in [1.54, 1.807) is 14.2 Å². The molecule has 22 heavy (non-hydrogen) atoms. The van der Waals surface area contributed by atoms with E-state index in [-0.39, 0.29) is 6.04 Å². The second-order valence-corrected chi connectivity index (χ2v) is 5.81. The number of benzene rings is 2. The van der Waals surface area contributed by atoms with Crippen LogP contribution in [0.15, 0.2) is 36.4 Å². The predicted molar refractivity (Wildman–Crippen MR) is 91.3 cm³/mol. The summed E-state index contributed by atoms with van der Waals surface area (Å²) >= 11 is 12.0. The van der Waals surface area contributed by atoms with Crippen LogP contribution in [0.5, 0.6) is 11.5 Å². The number of rotatable bonds is 6. The quantitative estimate of drug-likeness (QED) is 0.814. The molecule has 1 atom stereocenters. The fourth-order valence-corrected chi connectivity index (χ4v) is 2.45. The molecule has 0 bridgehead atoms. The van der Waals surface area contributed by atoms with Crippen LogP contribution in [0.1, 0.15) is 24.1 Å². The van der Waals surface area contributed by atoms with Gasteiger partial charge in [-0.1, -0.05) is 29.3 Å². The highest BCUT2D eigenvalue weighted by molar-refractivity contribution is 6.42. The topological polar surface area (TPSA) is 30.5 Å². The van der Waals surface area contributed by atoms with Gasteiger partial charge in [0.05, 0.1) is 24.3 Å². The molecule has 0 saturated heterocycles. The molecular formula is C17H19Cl2NO2. The van der Waals surface area contributed by atoms with E-state index in [2.05, 4.69) is 12.2 Å². The lowest BCUT2D eigenvalue weighted by Crippen LogP contribution is -2.18. The molecule has 0 saturated carbocycles. The molecule has 1 N–H and O–H groups in total. The lowest BCUT2D eigenvalue weighted by molar-refractivity contribution is 0.392. The van der Waals surface area contributed by atoms with Crippen molar-refractivity contribution in [1.82, 2.24) is 5.32 Å². The summed E-state index contributed by atoms with van der Waals surface area (Å²) in [5.74, 6) is 1.55. The molecule has 118 valence electrons. The Morgan fingerprint density at radius 3 is 2.14 bits per heavy atom. The first-order valence-corrected chi connectivity index (χ1v) is 7.69. The van der Waals surface area contributed by atoms with Crippen LogP contribution in [0.4, 0.5) is 0 Å². The van der Waals surface area contributed by atoms with E-state index >= 15 is 0 Å². The lowest BCUT2D eigenvalue weighted by atomic mass is 10.1. The summed E-state index contributed by atoms with van der Waals surface area (Å²) in [5, 5.41) is 4.58. The standard InChI is InChI=1S/C17H19Cl2NO2/c1-11(13-4-5-16(18)17(19)8-13)20-10-12-6-14(21-2)9-15(7-12)22-3/h4-9,11,20H,10H2,1-3H3. The zero-order valence-corrected chi connectivity index (χ0v) is 14.3. The Hall–Kier alpha value is -1.42. The number of hydrogen-bond acceptors (Lipinski definition) is 3. The van der Waals surface area contributed by atoms with E-state index in [0.717, 1.165) is 22.6 Å². The van der Waals surface area contributed by atoms with Gasteiger partial charge in [-0.05, 0) is 42.3 Å². The van der Waals surface area contributed by atoms with Gasteiger partial charge in [0.25, 0.3) is 0 Å². The smallest absolute Gasteiger partial charge is 0.122 e. The first kappa shape index (κ1) is 16.9. The van der Waals surface area contributed by atoms with E-state index in [1.165, 1.54) is 0 Å². The number of nitrogens with one attached hydrogen (secondary N) is 1. The fraction of sp³-hybridized carbons (Fsp3) is 0.294. The third-order valence-electron chi connectivity index (χ3n) is 3.47. The maximum Gasteiger partial charge on any atom is 0.122 e. The van der Waals surface area contributed by atoms with E-state index in [9.17, 15) is 0 Å². The van der Waals surface area contributed by atoms with Crippen LogP contribution in [-0.2, 0) is 6.54 Å². The summed E-state index contributed by atoms with van der Waals surface area (Å²) in [5.41, 5.74) is 2.17. The Bertz CT molecular complexity index is 624. The van der Waals surface area contributed by atoms with E-state index in [4.69, 9.17) is 32.7 Å². The SMILES string of the molecule is COc1cc(CNC(C)c2ccc(Cl)c(Cl)c2)cc(OC)c1. The van der Waals surface area contributed by atoms with Crippen molar-refractivity contribution in [3.8, 4) is 11.5 Å². The fourth-order valence-electron chi connectivity index (χ4n) is 2.14. The van der Waals surface area contributed by atoms with Gasteiger partial charge >= 0.3 is 0 Å². The van der Waals surface area contributed by atoms with Gasteiger partial charge in [-0.3, -0.25) is 0 Å². The third-order valence-corrected chi connectivity index (χ3v) is 4.21. The van der Waals surface area contributed by atoms with Crippen LogP contribution in [-0.4, -0.2) is 14.2 Å². The molecule has 0 aliphatic carbocycles. The second kappa shape index (κ2) is 7.73. The molecule has 0 spiro atoms. The normalized spacial score (nSPS) is 12.0. The summed E-state index contributed by atoms with van der Waals surface area (Å²) in [4.78, 5) is 0. The van der Waals surface area contributed by atoms with Crippen molar-refractivity contribution in [2.24, 2.45) is 0 Å². The van der Waals surface area contributed by atoms with Crippen molar-refractivity contribution >= 4 is 23.2 Å². The van der Waals surface area contributed by atoms with Crippen molar-refractivity contribution in [2.75, 3.05) is 14.2 Å². The summed E-state index contributed by atoms with van der Waals surface area (Å²) < 4.78 is 10.6. The molecule has 5 heteroatoms. The van der Waals surface area contributed by atoms with Crippen molar-refractivity contribution < 1.29 is 9.47 Å². The van der Waals surface area contributed by atoms with Crippen molar-refractivity contribution in [3.63, 3.8) is 0 Å². The van der Waals surface area contributed by atoms with Gasteiger partial charge in [0.15, 0.2) is 0 Å². The Kier molecular flexibility index (Phi) is 5.95. The van der Waals surface area contributed by atoms with E-state index in [1.807, 2.05) is 36.4 Å². The second-order valence-electron chi connectivity index (χ2n) is 5.00. The number of hydrogen-bond donors (Lipinski definition) is 1. The molecule has 0 aromatic heterocycles. The van der Waals surface area contributed by atoms with Crippen LogP contribution in [0.3, 0.4) is 0 Å². The van der Waals surface area contributed by atoms with Crippen LogP contribution < -0.4 is 14.8 Å². The van der Waals surface area contributed by atoms with Gasteiger partial charge in [0, 0.05) is 18.7 Å². The maximum atomic E-state index is 6.06. The minimum absolute atomic E-state index is 0.145. The molecule has 3 nitrogen and oxygen atoms in total. The molecule has 2 rings (SSSR count). The highest BCUT2D eigenvalue weighted by atomic mass is 35.5. The molecule has 0 amide bonds. The first-order valence-electron chi connectivity index (χ1n) is 6.93. The van der Waals surface area contributed by atoms with Crippen molar-refractivity contribution in [1.29, 1.82) is 0 Å². The third kappa shape index (κ3) is 4.29. The summed E-state index contributed by atoms with van der Waals surface area (Å²) in [6.45, 7) is 2.77. The summed E-state index contributed by atoms with van der Waals surface area (Å²) in [6, 6.07) is 11.6. The average molecular weight is 340 g/mol. The molecule has 0 aliphatic heterocycles. The highest BCUT2D eigenvalue weighted by Gasteiger charge is 2.08. The summed E-state index contributed by atoms with van der Waals surface area (Å²) in [6.07, 6.45) is 0. The van der Waals surface area contributed by atoms with E-state index < -0.39 is 0 Å². The van der Waals surface area contributed by atoms with Gasteiger partial charge in [0.1, 0.15) is 11.5 Å². The van der Waals surface area contributed by atoms with Crippen LogP contribution in [0.25, 0.3) is 0 Å². The highest BCUT2D eigenvalue weighted by Crippen LogP contribution is 2.26. The van der Waals surface area contributed by atoms with Crippen LogP contribution in [0, 0.1) is 0 Å².